The summed E-state index contributed by atoms with van der Waals surface area (Å²) in [5.74, 6) is 1.65. The van der Waals surface area contributed by atoms with Gasteiger partial charge in [-0.3, -0.25) is 9.48 Å². The van der Waals surface area contributed by atoms with Gasteiger partial charge in [0.05, 0.1) is 44.2 Å². The summed E-state index contributed by atoms with van der Waals surface area (Å²) >= 11 is 0. The molecule has 0 bridgehead atoms. The van der Waals surface area contributed by atoms with Crippen molar-refractivity contribution in [2.75, 3.05) is 40.1 Å². The average Bonchev–Trinajstić information content (AvgIpc) is 3.20. The number of nitrogens with zero attached hydrogens (tertiary/aromatic N) is 3. The van der Waals surface area contributed by atoms with E-state index in [4.69, 9.17) is 18.9 Å². The molecule has 1 saturated heterocycles. The lowest BCUT2D eigenvalue weighted by Crippen LogP contribution is -2.34. The Morgan fingerprint density at radius 1 is 1.23 bits per heavy atom. The summed E-state index contributed by atoms with van der Waals surface area (Å²) in [5, 5.41) is 4.55. The van der Waals surface area contributed by atoms with Crippen molar-refractivity contribution in [3.05, 3.63) is 35.8 Å². The van der Waals surface area contributed by atoms with E-state index in [-0.39, 0.29) is 0 Å². The Hall–Kier alpha value is -2.45. The van der Waals surface area contributed by atoms with Crippen molar-refractivity contribution >= 4 is 6.29 Å². The normalized spacial score (nSPS) is 21.8. The second-order valence-corrected chi connectivity index (χ2v) is 7.87. The summed E-state index contributed by atoms with van der Waals surface area (Å²) in [4.78, 5) is 15.8. The summed E-state index contributed by atoms with van der Waals surface area (Å²) in [7, 11) is 1.61. The predicted molar refractivity (Wildman–Crippen MR) is 109 cm³/mol. The monoisotopic (exact) mass is 415 g/mol. The van der Waals surface area contributed by atoms with Gasteiger partial charge < -0.3 is 18.9 Å². The summed E-state index contributed by atoms with van der Waals surface area (Å²) in [5.41, 5.74) is 1.72. The van der Waals surface area contributed by atoms with Crippen molar-refractivity contribution in [3.8, 4) is 11.6 Å². The van der Waals surface area contributed by atoms with E-state index in [1.165, 1.54) is 18.5 Å². The van der Waals surface area contributed by atoms with E-state index in [9.17, 15) is 4.79 Å². The number of aromatic nitrogens is 3. The van der Waals surface area contributed by atoms with Crippen LogP contribution in [0.5, 0.6) is 11.6 Å². The van der Waals surface area contributed by atoms with Gasteiger partial charge in [-0.15, -0.1) is 0 Å². The highest BCUT2D eigenvalue weighted by molar-refractivity contribution is 5.79. The first-order chi connectivity index (χ1) is 14.8. The minimum atomic E-state index is 0.343. The first kappa shape index (κ1) is 20.8. The summed E-state index contributed by atoms with van der Waals surface area (Å²) in [6, 6.07) is 4.09. The molecular formula is C22H29N3O5. The summed E-state index contributed by atoms with van der Waals surface area (Å²) < 4.78 is 24.0. The molecule has 2 aliphatic rings. The van der Waals surface area contributed by atoms with Crippen molar-refractivity contribution in [2.45, 2.75) is 37.6 Å². The van der Waals surface area contributed by atoms with Gasteiger partial charge in [-0.25, -0.2) is 4.98 Å². The molecule has 0 radical (unpaired) electrons. The molecule has 2 atom stereocenters. The number of hydrogen-bond donors (Lipinski definition) is 0. The fourth-order valence-electron chi connectivity index (χ4n) is 4.24. The molecule has 0 aromatic carbocycles. The van der Waals surface area contributed by atoms with Crippen LogP contribution in [-0.2, 0) is 9.47 Å². The molecule has 2 aromatic rings. The maximum absolute atomic E-state index is 11.6. The minimum absolute atomic E-state index is 0.343. The number of ether oxygens (including phenoxy) is 4. The molecule has 2 aromatic heterocycles. The van der Waals surface area contributed by atoms with Gasteiger partial charge in [-0.2, -0.15) is 5.10 Å². The van der Waals surface area contributed by atoms with Crippen molar-refractivity contribution in [1.82, 2.24) is 14.8 Å². The van der Waals surface area contributed by atoms with Crippen molar-refractivity contribution < 1.29 is 23.7 Å². The molecule has 0 spiro atoms. The van der Waals surface area contributed by atoms with E-state index in [0.29, 0.717) is 54.9 Å². The first-order valence-corrected chi connectivity index (χ1v) is 10.6. The van der Waals surface area contributed by atoms with Gasteiger partial charge in [-0.1, -0.05) is 12.8 Å². The Labute approximate surface area is 176 Å². The third-order valence-corrected chi connectivity index (χ3v) is 5.95. The van der Waals surface area contributed by atoms with Crippen molar-refractivity contribution in [1.29, 1.82) is 0 Å². The number of methoxy groups -OCH3 is 1. The number of rotatable bonds is 10. The third-order valence-electron chi connectivity index (χ3n) is 5.95. The van der Waals surface area contributed by atoms with Gasteiger partial charge in [0.2, 0.25) is 5.88 Å². The van der Waals surface area contributed by atoms with Crippen LogP contribution in [0.2, 0.25) is 0 Å². The molecule has 1 aliphatic carbocycles. The van der Waals surface area contributed by atoms with E-state index in [0.717, 1.165) is 32.3 Å². The summed E-state index contributed by atoms with van der Waals surface area (Å²) in [6.07, 6.45) is 8.86. The molecule has 1 aliphatic heterocycles. The van der Waals surface area contributed by atoms with Crippen molar-refractivity contribution in [2.24, 2.45) is 5.92 Å². The molecule has 4 rings (SSSR count). The zero-order valence-corrected chi connectivity index (χ0v) is 17.4. The van der Waals surface area contributed by atoms with E-state index in [1.807, 2.05) is 6.20 Å². The molecule has 1 saturated carbocycles. The quantitative estimate of drug-likeness (QED) is 0.435. The van der Waals surface area contributed by atoms with Gasteiger partial charge in [0, 0.05) is 36.9 Å². The van der Waals surface area contributed by atoms with E-state index >= 15 is 0 Å². The smallest absolute Gasteiger partial charge is 0.214 e. The standard InChI is InChI=1S/C22H29N3O5/c1-27-8-9-29-22-10-17(12-26)21(11-23-22)30-13-16-4-2-3-5-19(16)20-6-7-24-25(20)18-14-28-15-18/h6-7,10-12,16,18-19H,2-5,8-9,13-15H2,1H3. The summed E-state index contributed by atoms with van der Waals surface area (Å²) in [6.45, 7) is 2.85. The van der Waals surface area contributed by atoms with Gasteiger partial charge in [-0.05, 0) is 18.9 Å². The molecular weight excluding hydrogens is 386 g/mol. The van der Waals surface area contributed by atoms with E-state index < -0.39 is 0 Å². The Kier molecular flexibility index (Phi) is 6.96. The number of aldehydes is 1. The molecule has 0 N–H and O–H groups in total. The number of hydrogen-bond acceptors (Lipinski definition) is 7. The topological polar surface area (TPSA) is 84.7 Å². The Bertz CT molecular complexity index is 836. The van der Waals surface area contributed by atoms with Gasteiger partial charge in [0.25, 0.3) is 0 Å². The minimum Gasteiger partial charge on any atom is -0.491 e. The zero-order chi connectivity index (χ0) is 20.8. The van der Waals surface area contributed by atoms with Crippen LogP contribution < -0.4 is 9.47 Å². The molecule has 2 unspecified atom stereocenters. The van der Waals surface area contributed by atoms with Crippen LogP contribution in [-0.4, -0.2) is 61.2 Å². The fraction of sp³-hybridized carbons (Fsp3) is 0.591. The van der Waals surface area contributed by atoms with Crippen molar-refractivity contribution in [3.63, 3.8) is 0 Å². The average molecular weight is 415 g/mol. The Balaban J connectivity index is 1.43. The maximum atomic E-state index is 11.6. The highest BCUT2D eigenvalue weighted by atomic mass is 16.5. The van der Waals surface area contributed by atoms with Crippen LogP contribution in [0.1, 0.15) is 53.7 Å². The Morgan fingerprint density at radius 2 is 2.10 bits per heavy atom. The van der Waals surface area contributed by atoms with E-state index in [1.54, 1.807) is 19.4 Å². The van der Waals surface area contributed by atoms with Crippen LogP contribution in [0, 0.1) is 5.92 Å². The highest BCUT2D eigenvalue weighted by Gasteiger charge is 2.32. The van der Waals surface area contributed by atoms with Crippen LogP contribution in [0.4, 0.5) is 0 Å². The molecule has 8 nitrogen and oxygen atoms in total. The van der Waals surface area contributed by atoms with Gasteiger partial charge in [0.15, 0.2) is 6.29 Å². The van der Waals surface area contributed by atoms with Crippen LogP contribution >= 0.6 is 0 Å². The van der Waals surface area contributed by atoms with E-state index in [2.05, 4.69) is 20.8 Å². The number of pyridine rings is 1. The molecule has 2 fully saturated rings. The molecule has 3 heterocycles. The third kappa shape index (κ3) is 4.65. The predicted octanol–water partition coefficient (Wildman–Crippen LogP) is 3.04. The lowest BCUT2D eigenvalue weighted by atomic mass is 9.77. The van der Waals surface area contributed by atoms with Gasteiger partial charge in [0.1, 0.15) is 12.4 Å². The first-order valence-electron chi connectivity index (χ1n) is 10.6. The van der Waals surface area contributed by atoms with Crippen LogP contribution in [0.15, 0.2) is 24.5 Å². The second-order valence-electron chi connectivity index (χ2n) is 7.87. The highest BCUT2D eigenvalue weighted by Crippen LogP contribution is 2.39. The maximum Gasteiger partial charge on any atom is 0.214 e. The SMILES string of the molecule is COCCOc1cc(C=O)c(OCC2CCCCC2c2ccnn2C2COC2)cn1. The molecule has 0 amide bonds. The van der Waals surface area contributed by atoms with Crippen LogP contribution in [0.25, 0.3) is 0 Å². The van der Waals surface area contributed by atoms with Gasteiger partial charge >= 0.3 is 0 Å². The Morgan fingerprint density at radius 3 is 2.87 bits per heavy atom. The number of carbonyl (C=O) groups is 1. The zero-order valence-electron chi connectivity index (χ0n) is 17.4. The molecule has 8 heteroatoms. The molecule has 30 heavy (non-hydrogen) atoms. The fourth-order valence-corrected chi connectivity index (χ4v) is 4.24. The largest absolute Gasteiger partial charge is 0.491 e. The van der Waals surface area contributed by atoms with Crippen LogP contribution in [0.3, 0.4) is 0 Å². The number of carbonyl (C=O) groups excluding carboxylic acids is 1. The molecule has 162 valence electrons. The lowest BCUT2D eigenvalue weighted by molar-refractivity contribution is -0.0310. The lowest BCUT2D eigenvalue weighted by Gasteiger charge is -2.35. The second kappa shape index (κ2) is 10.0.